The molecule has 2 aromatic rings. The number of hydrogen-bond donors (Lipinski definition) is 0. The van der Waals surface area contributed by atoms with Gasteiger partial charge in [-0.1, -0.05) is 5.16 Å². The molecule has 3 rings (SSSR count). The molecule has 5 nitrogen and oxygen atoms in total. The highest BCUT2D eigenvalue weighted by molar-refractivity contribution is 5.94. The molecule has 0 N–H and O–H groups in total. The van der Waals surface area contributed by atoms with Crippen LogP contribution in [0, 0.1) is 6.92 Å². The number of halogens is 3. The van der Waals surface area contributed by atoms with Crippen molar-refractivity contribution < 1.29 is 22.5 Å². The smallest absolute Gasteiger partial charge is 0.347 e. The summed E-state index contributed by atoms with van der Waals surface area (Å²) in [6, 6.07) is 5.46. The van der Waals surface area contributed by atoms with E-state index < -0.39 is 11.7 Å². The van der Waals surface area contributed by atoms with Gasteiger partial charge in [0.2, 0.25) is 5.88 Å². The van der Waals surface area contributed by atoms with Gasteiger partial charge in [-0.2, -0.15) is 13.2 Å². The normalized spacial score (nSPS) is 15.9. The van der Waals surface area contributed by atoms with E-state index in [1.807, 2.05) is 25.1 Å². The number of aryl methyl sites for hydroxylation is 1. The van der Waals surface area contributed by atoms with Crippen molar-refractivity contribution in [1.82, 2.24) is 10.1 Å². The van der Waals surface area contributed by atoms with Gasteiger partial charge in [-0.25, -0.2) is 0 Å². The third-order valence-corrected chi connectivity index (χ3v) is 4.94. The second kappa shape index (κ2) is 7.25. The Labute approximate surface area is 155 Å². The number of alkyl halides is 3. The van der Waals surface area contributed by atoms with E-state index in [9.17, 15) is 18.0 Å². The van der Waals surface area contributed by atoms with Crippen LogP contribution in [0.3, 0.4) is 0 Å². The highest BCUT2D eigenvalue weighted by atomic mass is 19.4. The molecule has 27 heavy (non-hydrogen) atoms. The number of hydrogen-bond acceptors (Lipinski definition) is 4. The van der Waals surface area contributed by atoms with Gasteiger partial charge >= 0.3 is 6.18 Å². The number of piperidine rings is 1. The van der Waals surface area contributed by atoms with Crippen LogP contribution in [0.5, 0.6) is 0 Å². The van der Waals surface area contributed by atoms with Gasteiger partial charge in [-0.05, 0) is 43.5 Å². The molecule has 0 atom stereocenters. The Morgan fingerprint density at radius 1 is 1.22 bits per heavy atom. The first-order chi connectivity index (χ1) is 12.7. The van der Waals surface area contributed by atoms with Crippen molar-refractivity contribution in [2.24, 2.45) is 0 Å². The predicted molar refractivity (Wildman–Crippen MR) is 94.9 cm³/mol. The van der Waals surface area contributed by atoms with Crippen molar-refractivity contribution in [1.29, 1.82) is 0 Å². The van der Waals surface area contributed by atoms with Crippen LogP contribution < -0.4 is 4.90 Å². The van der Waals surface area contributed by atoms with Crippen LogP contribution in [0.1, 0.15) is 45.9 Å². The van der Waals surface area contributed by atoms with E-state index in [0.29, 0.717) is 19.0 Å². The molecule has 1 aromatic heterocycles. The molecule has 0 bridgehead atoms. The van der Waals surface area contributed by atoms with Crippen molar-refractivity contribution >= 4 is 11.8 Å². The van der Waals surface area contributed by atoms with Crippen molar-refractivity contribution in [3.63, 3.8) is 0 Å². The molecule has 1 aliphatic rings. The minimum Gasteiger partial charge on any atom is -0.347 e. The molecule has 1 saturated heterocycles. The minimum absolute atomic E-state index is 0.0575. The van der Waals surface area contributed by atoms with Crippen LogP contribution >= 0.6 is 0 Å². The van der Waals surface area contributed by atoms with E-state index in [1.165, 1.54) is 19.1 Å². The number of likely N-dealkylation sites (tertiary alicyclic amines) is 1. The Hall–Kier alpha value is -2.51. The third-order valence-electron chi connectivity index (χ3n) is 4.94. The van der Waals surface area contributed by atoms with Crippen LogP contribution in [0.25, 0.3) is 0 Å². The summed E-state index contributed by atoms with van der Waals surface area (Å²) >= 11 is 0. The average molecular weight is 381 g/mol. The minimum atomic E-state index is -4.41. The van der Waals surface area contributed by atoms with Crippen molar-refractivity contribution in [2.45, 2.75) is 31.9 Å². The van der Waals surface area contributed by atoms with Crippen molar-refractivity contribution in [3.05, 3.63) is 46.6 Å². The molecule has 8 heteroatoms. The lowest BCUT2D eigenvalue weighted by Gasteiger charge is -2.31. The van der Waals surface area contributed by atoms with Crippen LogP contribution in [-0.4, -0.2) is 43.1 Å². The zero-order valence-electron chi connectivity index (χ0n) is 15.5. The van der Waals surface area contributed by atoms with Crippen LogP contribution in [0.2, 0.25) is 0 Å². The molecule has 0 radical (unpaired) electrons. The molecular weight excluding hydrogens is 359 g/mol. The molecule has 0 spiro atoms. The van der Waals surface area contributed by atoms with Crippen molar-refractivity contribution in [3.8, 4) is 0 Å². The maximum absolute atomic E-state index is 12.9. The summed E-state index contributed by atoms with van der Waals surface area (Å²) in [5.74, 6) is 0.656. The summed E-state index contributed by atoms with van der Waals surface area (Å²) in [4.78, 5) is 16.2. The van der Waals surface area contributed by atoms with Gasteiger partial charge < -0.3 is 14.3 Å². The lowest BCUT2D eigenvalue weighted by Crippen LogP contribution is -2.38. The standard InChI is InChI=1S/C19H22F3N3O2/c1-12-10-14(4-5-15(12)19(20,21)22)18(26)25-8-6-13(7-9-25)16-11-17(24(2)3)27-23-16/h4-5,10-11,13H,6-9H2,1-3H3. The lowest BCUT2D eigenvalue weighted by molar-refractivity contribution is -0.138. The zero-order chi connectivity index (χ0) is 19.8. The first-order valence-electron chi connectivity index (χ1n) is 8.78. The number of benzene rings is 1. The number of anilines is 1. The van der Waals surface area contributed by atoms with Gasteiger partial charge in [0.05, 0.1) is 11.3 Å². The van der Waals surface area contributed by atoms with Gasteiger partial charge in [-0.3, -0.25) is 4.79 Å². The summed E-state index contributed by atoms with van der Waals surface area (Å²) < 4.78 is 43.9. The number of nitrogens with zero attached hydrogens (tertiary/aromatic N) is 3. The predicted octanol–water partition coefficient (Wildman–Crippen LogP) is 4.09. The summed E-state index contributed by atoms with van der Waals surface area (Å²) in [7, 11) is 3.75. The zero-order valence-corrected chi connectivity index (χ0v) is 15.5. The van der Waals surface area contributed by atoms with E-state index >= 15 is 0 Å². The van der Waals surface area contributed by atoms with Crippen molar-refractivity contribution in [2.75, 3.05) is 32.1 Å². The van der Waals surface area contributed by atoms with E-state index in [0.717, 1.165) is 24.6 Å². The van der Waals surface area contributed by atoms with Gasteiger partial charge in [0, 0.05) is 44.7 Å². The van der Waals surface area contributed by atoms with E-state index in [1.54, 1.807) is 4.90 Å². The summed E-state index contributed by atoms with van der Waals surface area (Å²) in [6.45, 7) is 2.44. The Bertz CT molecular complexity index is 822. The van der Waals surface area contributed by atoms with Gasteiger partial charge in [0.25, 0.3) is 5.91 Å². The second-order valence-electron chi connectivity index (χ2n) is 7.08. The SMILES string of the molecule is Cc1cc(C(=O)N2CCC(c3cc(N(C)C)on3)CC2)ccc1C(F)(F)F. The maximum atomic E-state index is 12.9. The molecule has 0 aliphatic carbocycles. The Balaban J connectivity index is 1.65. The third kappa shape index (κ3) is 4.09. The van der Waals surface area contributed by atoms with E-state index in [2.05, 4.69) is 5.16 Å². The summed E-state index contributed by atoms with van der Waals surface area (Å²) in [5, 5.41) is 4.11. The van der Waals surface area contributed by atoms with Crippen LogP contribution in [0.4, 0.5) is 19.1 Å². The average Bonchev–Trinajstić information content (AvgIpc) is 3.10. The topological polar surface area (TPSA) is 49.6 Å². The molecular formula is C19H22F3N3O2. The quantitative estimate of drug-likeness (QED) is 0.804. The van der Waals surface area contributed by atoms with Crippen LogP contribution in [-0.2, 0) is 6.18 Å². The molecule has 1 aromatic carbocycles. The molecule has 2 heterocycles. The highest BCUT2D eigenvalue weighted by Gasteiger charge is 2.33. The molecule has 1 amide bonds. The second-order valence-corrected chi connectivity index (χ2v) is 7.08. The lowest BCUT2D eigenvalue weighted by atomic mass is 9.93. The van der Waals surface area contributed by atoms with E-state index in [-0.39, 0.29) is 23.0 Å². The molecule has 1 fully saturated rings. The first kappa shape index (κ1) is 19.3. The van der Waals surface area contributed by atoms with Gasteiger partial charge in [-0.15, -0.1) is 0 Å². The van der Waals surface area contributed by atoms with Gasteiger partial charge in [0.15, 0.2) is 0 Å². The number of carbonyl (C=O) groups excluding carboxylic acids is 1. The Kier molecular flexibility index (Phi) is 5.17. The molecule has 0 saturated carbocycles. The molecule has 0 unspecified atom stereocenters. The fourth-order valence-electron chi connectivity index (χ4n) is 3.36. The number of rotatable bonds is 3. The number of carbonyl (C=O) groups is 1. The number of amides is 1. The fraction of sp³-hybridized carbons (Fsp3) is 0.474. The van der Waals surface area contributed by atoms with Gasteiger partial charge in [0.1, 0.15) is 0 Å². The fourth-order valence-corrected chi connectivity index (χ4v) is 3.36. The number of aromatic nitrogens is 1. The van der Waals surface area contributed by atoms with Crippen LogP contribution in [0.15, 0.2) is 28.8 Å². The molecule has 1 aliphatic heterocycles. The first-order valence-corrected chi connectivity index (χ1v) is 8.78. The molecule has 146 valence electrons. The monoisotopic (exact) mass is 381 g/mol. The van der Waals surface area contributed by atoms with E-state index in [4.69, 9.17) is 4.52 Å². The largest absolute Gasteiger partial charge is 0.416 e. The Morgan fingerprint density at radius 3 is 2.41 bits per heavy atom. The summed E-state index contributed by atoms with van der Waals surface area (Å²) in [6.07, 6.45) is -2.93. The highest BCUT2D eigenvalue weighted by Crippen LogP contribution is 2.33. The Morgan fingerprint density at radius 2 is 1.89 bits per heavy atom. The maximum Gasteiger partial charge on any atom is 0.416 e. The summed E-state index contributed by atoms with van der Waals surface area (Å²) in [5.41, 5.74) is 0.508.